The highest BCUT2D eigenvalue weighted by atomic mass is 16.5. The second-order valence-electron chi connectivity index (χ2n) is 6.93. The molecule has 3 rings (SSSR count). The van der Waals surface area contributed by atoms with Gasteiger partial charge < -0.3 is 20.3 Å². The van der Waals surface area contributed by atoms with Crippen LogP contribution in [0.1, 0.15) is 20.8 Å². The number of hydrogen-bond donors (Lipinski definition) is 2. The maximum atomic E-state index is 12.6. The van der Waals surface area contributed by atoms with Crippen molar-refractivity contribution in [2.75, 3.05) is 36.4 Å². The van der Waals surface area contributed by atoms with E-state index < -0.39 is 0 Å². The van der Waals surface area contributed by atoms with E-state index in [1.807, 2.05) is 45.0 Å². The minimum Gasteiger partial charge on any atom is -0.369 e. The number of rotatable bonds is 2. The number of morpholine rings is 1. The standard InChI is InChI=1S/C17H24N4O3/c1-12-10-20(11-17(2,3)24-12)16(23)19-13-5-4-6-14(9-13)21-8-7-18-15(21)22/h4-6,9,12H,7-8,10-11H2,1-3H3,(H,18,22)(H,19,23). The normalized spacial score (nSPS) is 23.1. The van der Waals surface area contributed by atoms with Gasteiger partial charge in [0.2, 0.25) is 0 Å². The lowest BCUT2D eigenvalue weighted by atomic mass is 10.1. The van der Waals surface area contributed by atoms with Crippen LogP contribution in [0.2, 0.25) is 0 Å². The van der Waals surface area contributed by atoms with Gasteiger partial charge in [0.05, 0.1) is 18.2 Å². The van der Waals surface area contributed by atoms with Crippen molar-refractivity contribution in [2.24, 2.45) is 0 Å². The van der Waals surface area contributed by atoms with Gasteiger partial charge in [0, 0.05) is 31.0 Å². The number of nitrogens with zero attached hydrogens (tertiary/aromatic N) is 2. The van der Waals surface area contributed by atoms with Crippen molar-refractivity contribution in [1.82, 2.24) is 10.2 Å². The smallest absolute Gasteiger partial charge is 0.322 e. The summed E-state index contributed by atoms with van der Waals surface area (Å²) in [6.07, 6.45) is -0.000805. The topological polar surface area (TPSA) is 73.9 Å². The van der Waals surface area contributed by atoms with Crippen LogP contribution in [0.15, 0.2) is 24.3 Å². The molecule has 0 aliphatic carbocycles. The van der Waals surface area contributed by atoms with E-state index in [2.05, 4.69) is 10.6 Å². The van der Waals surface area contributed by atoms with Crippen molar-refractivity contribution in [1.29, 1.82) is 0 Å². The molecular formula is C17H24N4O3. The van der Waals surface area contributed by atoms with E-state index in [9.17, 15) is 9.59 Å². The molecule has 1 aromatic carbocycles. The molecule has 4 amide bonds. The van der Waals surface area contributed by atoms with Gasteiger partial charge in [-0.25, -0.2) is 9.59 Å². The number of urea groups is 2. The third-order valence-corrected chi connectivity index (χ3v) is 4.12. The molecule has 0 bridgehead atoms. The molecule has 1 atom stereocenters. The lowest BCUT2D eigenvalue weighted by Crippen LogP contribution is -2.54. The molecule has 130 valence electrons. The molecule has 24 heavy (non-hydrogen) atoms. The van der Waals surface area contributed by atoms with Gasteiger partial charge in [-0.2, -0.15) is 0 Å². The quantitative estimate of drug-likeness (QED) is 0.872. The minimum absolute atomic E-state index is 0.000805. The number of carbonyl (C=O) groups is 2. The predicted octanol–water partition coefficient (Wildman–Crippen LogP) is 2.25. The molecule has 0 spiro atoms. The van der Waals surface area contributed by atoms with Crippen LogP contribution in [0, 0.1) is 0 Å². The lowest BCUT2D eigenvalue weighted by molar-refractivity contribution is -0.116. The van der Waals surface area contributed by atoms with Gasteiger partial charge in [0.25, 0.3) is 0 Å². The molecule has 2 aliphatic heterocycles. The fourth-order valence-corrected chi connectivity index (χ4v) is 3.28. The molecule has 2 N–H and O–H groups in total. The van der Waals surface area contributed by atoms with E-state index in [-0.39, 0.29) is 23.8 Å². The Morgan fingerprint density at radius 3 is 2.88 bits per heavy atom. The molecule has 2 aliphatic rings. The van der Waals surface area contributed by atoms with Crippen molar-refractivity contribution < 1.29 is 14.3 Å². The first-order valence-electron chi connectivity index (χ1n) is 8.23. The first-order chi connectivity index (χ1) is 11.3. The number of carbonyl (C=O) groups excluding carboxylic acids is 2. The summed E-state index contributed by atoms with van der Waals surface area (Å²) >= 11 is 0. The molecule has 7 heteroatoms. The van der Waals surface area contributed by atoms with Crippen molar-refractivity contribution in [2.45, 2.75) is 32.5 Å². The Balaban J connectivity index is 1.69. The zero-order chi connectivity index (χ0) is 17.3. The average molecular weight is 332 g/mol. The molecule has 1 unspecified atom stereocenters. The van der Waals surface area contributed by atoms with Crippen LogP contribution >= 0.6 is 0 Å². The maximum Gasteiger partial charge on any atom is 0.322 e. The minimum atomic E-state index is -0.357. The van der Waals surface area contributed by atoms with Gasteiger partial charge >= 0.3 is 12.1 Å². The second-order valence-corrected chi connectivity index (χ2v) is 6.93. The third kappa shape index (κ3) is 3.62. The van der Waals surface area contributed by atoms with Crippen LogP contribution in [0.5, 0.6) is 0 Å². The van der Waals surface area contributed by atoms with Gasteiger partial charge in [0.15, 0.2) is 0 Å². The van der Waals surface area contributed by atoms with Gasteiger partial charge in [-0.05, 0) is 39.0 Å². The molecule has 2 saturated heterocycles. The number of ether oxygens (including phenoxy) is 1. The van der Waals surface area contributed by atoms with E-state index in [1.165, 1.54) is 0 Å². The van der Waals surface area contributed by atoms with Gasteiger partial charge in [-0.1, -0.05) is 6.07 Å². The van der Waals surface area contributed by atoms with Crippen molar-refractivity contribution >= 4 is 23.4 Å². The summed E-state index contributed by atoms with van der Waals surface area (Å²) in [4.78, 5) is 27.8. The monoisotopic (exact) mass is 332 g/mol. The molecule has 0 saturated carbocycles. The Morgan fingerprint density at radius 1 is 1.42 bits per heavy atom. The highest BCUT2D eigenvalue weighted by Crippen LogP contribution is 2.24. The maximum absolute atomic E-state index is 12.6. The highest BCUT2D eigenvalue weighted by molar-refractivity contribution is 5.95. The Morgan fingerprint density at radius 2 is 2.21 bits per heavy atom. The third-order valence-electron chi connectivity index (χ3n) is 4.12. The summed E-state index contributed by atoms with van der Waals surface area (Å²) < 4.78 is 5.83. The Bertz CT molecular complexity index is 646. The molecule has 0 radical (unpaired) electrons. The molecule has 2 heterocycles. The Kier molecular flexibility index (Phi) is 4.36. The first kappa shape index (κ1) is 16.6. The Labute approximate surface area is 141 Å². The summed E-state index contributed by atoms with van der Waals surface area (Å²) in [7, 11) is 0. The summed E-state index contributed by atoms with van der Waals surface area (Å²) in [5.74, 6) is 0. The molecule has 7 nitrogen and oxygen atoms in total. The van der Waals surface area contributed by atoms with Crippen molar-refractivity contribution in [3.63, 3.8) is 0 Å². The van der Waals surface area contributed by atoms with Gasteiger partial charge in [0.1, 0.15) is 0 Å². The van der Waals surface area contributed by atoms with Crippen LogP contribution in [0.3, 0.4) is 0 Å². The van der Waals surface area contributed by atoms with Crippen LogP contribution in [-0.2, 0) is 4.74 Å². The number of amides is 4. The van der Waals surface area contributed by atoms with Crippen molar-refractivity contribution in [3.8, 4) is 0 Å². The number of benzene rings is 1. The lowest BCUT2D eigenvalue weighted by Gasteiger charge is -2.41. The van der Waals surface area contributed by atoms with E-state index in [0.29, 0.717) is 31.9 Å². The van der Waals surface area contributed by atoms with E-state index in [1.54, 1.807) is 9.80 Å². The molecular weight excluding hydrogens is 308 g/mol. The number of hydrogen-bond acceptors (Lipinski definition) is 3. The summed E-state index contributed by atoms with van der Waals surface area (Å²) in [6, 6.07) is 7.08. The first-order valence-corrected chi connectivity index (χ1v) is 8.23. The molecule has 1 aromatic rings. The highest BCUT2D eigenvalue weighted by Gasteiger charge is 2.33. The molecule has 2 fully saturated rings. The molecule has 0 aromatic heterocycles. The van der Waals surface area contributed by atoms with Crippen molar-refractivity contribution in [3.05, 3.63) is 24.3 Å². The number of nitrogens with one attached hydrogen (secondary N) is 2. The zero-order valence-electron chi connectivity index (χ0n) is 14.3. The largest absolute Gasteiger partial charge is 0.369 e. The van der Waals surface area contributed by atoms with Crippen LogP contribution in [0.25, 0.3) is 0 Å². The zero-order valence-corrected chi connectivity index (χ0v) is 14.3. The number of anilines is 2. The SMILES string of the molecule is CC1CN(C(=O)Nc2cccc(N3CCNC3=O)c2)CC(C)(C)O1. The van der Waals surface area contributed by atoms with Crippen LogP contribution < -0.4 is 15.5 Å². The van der Waals surface area contributed by atoms with E-state index >= 15 is 0 Å². The average Bonchev–Trinajstić information content (AvgIpc) is 2.91. The van der Waals surface area contributed by atoms with E-state index in [0.717, 1.165) is 5.69 Å². The summed E-state index contributed by atoms with van der Waals surface area (Å²) in [5, 5.41) is 5.69. The van der Waals surface area contributed by atoms with Gasteiger partial charge in [-0.3, -0.25) is 4.90 Å². The van der Waals surface area contributed by atoms with E-state index in [4.69, 9.17) is 4.74 Å². The van der Waals surface area contributed by atoms with Crippen LogP contribution in [-0.4, -0.2) is 54.8 Å². The van der Waals surface area contributed by atoms with Gasteiger partial charge in [-0.15, -0.1) is 0 Å². The second kappa shape index (κ2) is 6.32. The fourth-order valence-electron chi connectivity index (χ4n) is 3.28. The Hall–Kier alpha value is -2.28. The predicted molar refractivity (Wildman–Crippen MR) is 92.4 cm³/mol. The summed E-state index contributed by atoms with van der Waals surface area (Å²) in [5.41, 5.74) is 1.09. The summed E-state index contributed by atoms with van der Waals surface area (Å²) in [6.45, 7) is 8.29. The fraction of sp³-hybridized carbons (Fsp3) is 0.529. The van der Waals surface area contributed by atoms with Crippen LogP contribution in [0.4, 0.5) is 21.0 Å².